The highest BCUT2D eigenvalue weighted by Crippen LogP contribution is 2.29. The molecule has 0 saturated carbocycles. The Kier molecular flexibility index (Phi) is 4.72. The summed E-state index contributed by atoms with van der Waals surface area (Å²) in [6, 6.07) is 22.2. The van der Waals surface area contributed by atoms with Gasteiger partial charge < -0.3 is 9.15 Å². The van der Waals surface area contributed by atoms with Crippen LogP contribution in [0.15, 0.2) is 75.6 Å². The molecule has 0 fully saturated rings. The summed E-state index contributed by atoms with van der Waals surface area (Å²) in [4.78, 5) is 12.6. The van der Waals surface area contributed by atoms with E-state index >= 15 is 0 Å². The standard InChI is InChI=1S/C23H14BrNO3/c1-14-20-12-18(24)8-11-21(20)28-22(14)23(26)27-19-9-6-17(7-10-19)16-4-2-15(13-25)3-5-16/h2-12H,1H3. The molecule has 0 bridgehead atoms. The number of esters is 1. The van der Waals surface area contributed by atoms with E-state index in [4.69, 9.17) is 14.4 Å². The third-order valence-electron chi connectivity index (χ3n) is 4.50. The van der Waals surface area contributed by atoms with Gasteiger partial charge in [0.2, 0.25) is 5.76 Å². The number of carbonyl (C=O) groups excluding carboxylic acids is 1. The van der Waals surface area contributed by atoms with Gasteiger partial charge in [-0.05, 0) is 60.5 Å². The van der Waals surface area contributed by atoms with Crippen molar-refractivity contribution in [1.29, 1.82) is 5.26 Å². The molecule has 0 atom stereocenters. The lowest BCUT2D eigenvalue weighted by Crippen LogP contribution is -2.08. The van der Waals surface area contributed by atoms with E-state index < -0.39 is 5.97 Å². The van der Waals surface area contributed by atoms with Crippen LogP contribution in [0.5, 0.6) is 5.75 Å². The Balaban J connectivity index is 1.55. The fourth-order valence-corrected chi connectivity index (χ4v) is 3.35. The Bertz CT molecular complexity index is 1220. The average molecular weight is 432 g/mol. The Labute approximate surface area is 170 Å². The van der Waals surface area contributed by atoms with Crippen LogP contribution in [0.25, 0.3) is 22.1 Å². The number of aryl methyl sites for hydroxylation is 1. The third-order valence-corrected chi connectivity index (χ3v) is 4.99. The molecule has 4 rings (SSSR count). The highest BCUT2D eigenvalue weighted by molar-refractivity contribution is 9.10. The maximum Gasteiger partial charge on any atom is 0.379 e. The Morgan fingerprint density at radius 1 is 1.00 bits per heavy atom. The molecule has 0 amide bonds. The minimum absolute atomic E-state index is 0.198. The fourth-order valence-electron chi connectivity index (χ4n) is 2.99. The molecule has 1 aromatic heterocycles. The Morgan fingerprint density at radius 3 is 2.29 bits per heavy atom. The number of carbonyl (C=O) groups is 1. The lowest BCUT2D eigenvalue weighted by molar-refractivity contribution is 0.0703. The second-order valence-corrected chi connectivity index (χ2v) is 7.22. The van der Waals surface area contributed by atoms with Crippen molar-refractivity contribution < 1.29 is 13.9 Å². The summed E-state index contributed by atoms with van der Waals surface area (Å²) >= 11 is 3.43. The summed E-state index contributed by atoms with van der Waals surface area (Å²) in [6.07, 6.45) is 0. The number of hydrogen-bond acceptors (Lipinski definition) is 4. The fraction of sp³-hybridized carbons (Fsp3) is 0.0435. The van der Waals surface area contributed by atoms with Crippen LogP contribution in [0, 0.1) is 18.3 Å². The molecule has 0 saturated heterocycles. The summed E-state index contributed by atoms with van der Waals surface area (Å²) in [5.74, 6) is 0.101. The average Bonchev–Trinajstić information content (AvgIpc) is 3.05. The molecule has 3 aromatic carbocycles. The number of fused-ring (bicyclic) bond motifs is 1. The molecule has 1 heterocycles. The number of furan rings is 1. The van der Waals surface area contributed by atoms with Gasteiger partial charge in [-0.1, -0.05) is 40.2 Å². The number of hydrogen-bond donors (Lipinski definition) is 0. The van der Waals surface area contributed by atoms with Crippen molar-refractivity contribution in [3.8, 4) is 22.9 Å². The maximum absolute atomic E-state index is 12.6. The largest absolute Gasteiger partial charge is 0.449 e. The van der Waals surface area contributed by atoms with Crippen LogP contribution >= 0.6 is 15.9 Å². The first-order valence-corrected chi connectivity index (χ1v) is 9.36. The van der Waals surface area contributed by atoms with Gasteiger partial charge in [-0.3, -0.25) is 0 Å². The first kappa shape index (κ1) is 18.0. The molecule has 0 aliphatic carbocycles. The van der Waals surface area contributed by atoms with E-state index in [2.05, 4.69) is 22.0 Å². The lowest BCUT2D eigenvalue weighted by Gasteiger charge is -2.05. The molecule has 0 aliphatic heterocycles. The highest BCUT2D eigenvalue weighted by Gasteiger charge is 2.20. The number of ether oxygens (including phenoxy) is 1. The SMILES string of the molecule is Cc1c(C(=O)Oc2ccc(-c3ccc(C#N)cc3)cc2)oc2ccc(Br)cc12. The topological polar surface area (TPSA) is 63.2 Å². The molecule has 0 unspecified atom stereocenters. The van der Waals surface area contributed by atoms with Crippen molar-refractivity contribution in [2.45, 2.75) is 6.92 Å². The van der Waals surface area contributed by atoms with Crippen LogP contribution in [-0.2, 0) is 0 Å². The Hall–Kier alpha value is -3.36. The van der Waals surface area contributed by atoms with E-state index in [9.17, 15) is 4.79 Å². The van der Waals surface area contributed by atoms with Crippen molar-refractivity contribution in [3.05, 3.63) is 88.1 Å². The molecule has 136 valence electrons. The molecular weight excluding hydrogens is 418 g/mol. The monoisotopic (exact) mass is 431 g/mol. The molecule has 4 nitrogen and oxygen atoms in total. The molecule has 0 aliphatic rings. The van der Waals surface area contributed by atoms with Crippen molar-refractivity contribution in [2.75, 3.05) is 0 Å². The van der Waals surface area contributed by atoms with Gasteiger partial charge in [0.1, 0.15) is 11.3 Å². The van der Waals surface area contributed by atoms with Gasteiger partial charge in [-0.25, -0.2) is 4.79 Å². The van der Waals surface area contributed by atoms with Crippen LogP contribution < -0.4 is 4.74 Å². The lowest BCUT2D eigenvalue weighted by atomic mass is 10.0. The molecular formula is C23H14BrNO3. The number of halogens is 1. The minimum atomic E-state index is -0.532. The van der Waals surface area contributed by atoms with Crippen LogP contribution in [-0.4, -0.2) is 5.97 Å². The summed E-state index contributed by atoms with van der Waals surface area (Å²) in [5, 5.41) is 9.76. The summed E-state index contributed by atoms with van der Waals surface area (Å²) in [6.45, 7) is 1.84. The van der Waals surface area contributed by atoms with E-state index in [0.717, 1.165) is 26.5 Å². The second kappa shape index (κ2) is 7.34. The zero-order chi connectivity index (χ0) is 19.7. The van der Waals surface area contributed by atoms with Crippen LogP contribution in [0.1, 0.15) is 21.7 Å². The normalized spacial score (nSPS) is 10.6. The van der Waals surface area contributed by atoms with E-state index in [-0.39, 0.29) is 5.76 Å². The van der Waals surface area contributed by atoms with Crippen LogP contribution in [0.2, 0.25) is 0 Å². The maximum atomic E-state index is 12.6. The van der Waals surface area contributed by atoms with Crippen molar-refractivity contribution in [1.82, 2.24) is 0 Å². The molecule has 4 aromatic rings. The van der Waals surface area contributed by atoms with Crippen molar-refractivity contribution in [2.24, 2.45) is 0 Å². The summed E-state index contributed by atoms with van der Waals surface area (Å²) < 4.78 is 12.1. The Morgan fingerprint density at radius 2 is 1.64 bits per heavy atom. The van der Waals surface area contributed by atoms with E-state index in [1.807, 2.05) is 49.4 Å². The quantitative estimate of drug-likeness (QED) is 0.283. The molecule has 0 radical (unpaired) electrons. The van der Waals surface area contributed by atoms with Gasteiger partial charge in [0, 0.05) is 15.4 Å². The molecule has 28 heavy (non-hydrogen) atoms. The van der Waals surface area contributed by atoms with Crippen molar-refractivity contribution in [3.63, 3.8) is 0 Å². The van der Waals surface area contributed by atoms with Crippen LogP contribution in [0.3, 0.4) is 0 Å². The van der Waals surface area contributed by atoms with Gasteiger partial charge in [-0.15, -0.1) is 0 Å². The zero-order valence-corrected chi connectivity index (χ0v) is 16.5. The number of benzene rings is 3. The van der Waals surface area contributed by atoms with E-state index in [1.165, 1.54) is 0 Å². The van der Waals surface area contributed by atoms with E-state index in [0.29, 0.717) is 16.9 Å². The van der Waals surface area contributed by atoms with Gasteiger partial charge in [0.05, 0.1) is 11.6 Å². The zero-order valence-electron chi connectivity index (χ0n) is 14.9. The van der Waals surface area contributed by atoms with Crippen molar-refractivity contribution >= 4 is 32.9 Å². The molecule has 5 heteroatoms. The number of nitrogens with zero attached hydrogens (tertiary/aromatic N) is 1. The minimum Gasteiger partial charge on any atom is -0.449 e. The van der Waals surface area contributed by atoms with Crippen LogP contribution in [0.4, 0.5) is 0 Å². The molecule has 0 spiro atoms. The first-order chi connectivity index (χ1) is 13.5. The second-order valence-electron chi connectivity index (χ2n) is 6.30. The van der Waals surface area contributed by atoms with Gasteiger partial charge >= 0.3 is 5.97 Å². The van der Waals surface area contributed by atoms with Gasteiger partial charge in [-0.2, -0.15) is 5.26 Å². The molecule has 0 N–H and O–H groups in total. The number of nitriles is 1. The van der Waals surface area contributed by atoms with Gasteiger partial charge in [0.25, 0.3) is 0 Å². The predicted octanol–water partition coefficient (Wildman–Crippen LogP) is 6.26. The van der Waals surface area contributed by atoms with Gasteiger partial charge in [0.15, 0.2) is 0 Å². The summed E-state index contributed by atoms with van der Waals surface area (Å²) in [5.41, 5.74) is 3.95. The number of rotatable bonds is 3. The third kappa shape index (κ3) is 3.42. The summed E-state index contributed by atoms with van der Waals surface area (Å²) in [7, 11) is 0. The predicted molar refractivity (Wildman–Crippen MR) is 110 cm³/mol. The highest BCUT2D eigenvalue weighted by atomic mass is 79.9. The van der Waals surface area contributed by atoms with E-state index in [1.54, 1.807) is 24.3 Å². The first-order valence-electron chi connectivity index (χ1n) is 8.56. The smallest absolute Gasteiger partial charge is 0.379 e.